The van der Waals surface area contributed by atoms with E-state index in [9.17, 15) is 9.59 Å². The number of carbonyl (C=O) groups is 2. The standard InChI is InChI=1S/C16H22O4/c1-2-3-10-14(13-8-5-4-6-9-13)20-16(19)12-7-11-15(17)18/h4-6,8-9,14H,2-3,7,10-12H2,1H3,(H,17,18). The highest BCUT2D eigenvalue weighted by Crippen LogP contribution is 2.24. The Balaban J connectivity index is 2.52. The summed E-state index contributed by atoms with van der Waals surface area (Å²) < 4.78 is 5.49. The molecule has 1 unspecified atom stereocenters. The lowest BCUT2D eigenvalue weighted by molar-refractivity contribution is -0.150. The SMILES string of the molecule is CCCCC(OC(=O)CCCC(=O)O)c1ccccc1. The van der Waals surface area contributed by atoms with E-state index in [0.29, 0.717) is 6.42 Å². The van der Waals surface area contributed by atoms with Gasteiger partial charge >= 0.3 is 11.9 Å². The number of carboxylic acids is 1. The Morgan fingerprint density at radius 1 is 1.15 bits per heavy atom. The van der Waals surface area contributed by atoms with E-state index in [1.165, 1.54) is 0 Å². The fourth-order valence-electron chi connectivity index (χ4n) is 1.95. The Kier molecular flexibility index (Phi) is 7.40. The molecule has 110 valence electrons. The normalized spacial score (nSPS) is 11.8. The van der Waals surface area contributed by atoms with Crippen molar-refractivity contribution in [2.45, 2.75) is 51.6 Å². The molecule has 0 heterocycles. The average Bonchev–Trinajstić information content (AvgIpc) is 2.44. The first-order chi connectivity index (χ1) is 9.63. The van der Waals surface area contributed by atoms with E-state index in [1.807, 2.05) is 30.3 Å². The highest BCUT2D eigenvalue weighted by atomic mass is 16.5. The molecule has 1 rings (SSSR count). The van der Waals surface area contributed by atoms with Gasteiger partial charge in [-0.2, -0.15) is 0 Å². The molecule has 0 aromatic heterocycles. The topological polar surface area (TPSA) is 63.6 Å². The lowest BCUT2D eigenvalue weighted by atomic mass is 10.0. The minimum atomic E-state index is -0.886. The van der Waals surface area contributed by atoms with Gasteiger partial charge < -0.3 is 9.84 Å². The van der Waals surface area contributed by atoms with E-state index < -0.39 is 5.97 Å². The number of carboxylic acid groups (broad SMARTS) is 1. The fraction of sp³-hybridized carbons (Fsp3) is 0.500. The molecule has 0 radical (unpaired) electrons. The van der Waals surface area contributed by atoms with Gasteiger partial charge in [-0.3, -0.25) is 9.59 Å². The van der Waals surface area contributed by atoms with Crippen LogP contribution in [-0.2, 0) is 14.3 Å². The van der Waals surface area contributed by atoms with Crippen molar-refractivity contribution in [2.24, 2.45) is 0 Å². The first kappa shape index (κ1) is 16.2. The molecule has 0 aliphatic heterocycles. The molecule has 1 atom stereocenters. The molecule has 20 heavy (non-hydrogen) atoms. The zero-order chi connectivity index (χ0) is 14.8. The highest BCUT2D eigenvalue weighted by molar-refractivity contribution is 5.71. The number of aliphatic carboxylic acids is 1. The van der Waals surface area contributed by atoms with E-state index in [0.717, 1.165) is 24.8 Å². The van der Waals surface area contributed by atoms with Gasteiger partial charge in [0.25, 0.3) is 0 Å². The zero-order valence-electron chi connectivity index (χ0n) is 11.9. The van der Waals surface area contributed by atoms with Gasteiger partial charge in [-0.25, -0.2) is 0 Å². The van der Waals surface area contributed by atoms with Crippen LogP contribution in [0.1, 0.15) is 57.1 Å². The van der Waals surface area contributed by atoms with Gasteiger partial charge in [0.05, 0.1) is 0 Å². The quantitative estimate of drug-likeness (QED) is 0.699. The first-order valence-corrected chi connectivity index (χ1v) is 7.09. The number of hydrogen-bond acceptors (Lipinski definition) is 3. The summed E-state index contributed by atoms with van der Waals surface area (Å²) in [5.74, 6) is -1.21. The molecule has 0 saturated carbocycles. The number of carbonyl (C=O) groups excluding carboxylic acids is 1. The van der Waals surface area contributed by atoms with E-state index in [1.54, 1.807) is 0 Å². The lowest BCUT2D eigenvalue weighted by Crippen LogP contribution is -2.12. The van der Waals surface area contributed by atoms with E-state index in [4.69, 9.17) is 9.84 Å². The lowest BCUT2D eigenvalue weighted by Gasteiger charge is -2.18. The van der Waals surface area contributed by atoms with Gasteiger partial charge in [0, 0.05) is 12.8 Å². The third-order valence-corrected chi connectivity index (χ3v) is 3.04. The molecule has 1 N–H and O–H groups in total. The average molecular weight is 278 g/mol. The fourth-order valence-corrected chi connectivity index (χ4v) is 1.95. The largest absolute Gasteiger partial charge is 0.481 e. The monoisotopic (exact) mass is 278 g/mol. The number of benzene rings is 1. The molecular formula is C16H22O4. The highest BCUT2D eigenvalue weighted by Gasteiger charge is 2.16. The van der Waals surface area contributed by atoms with E-state index in [-0.39, 0.29) is 24.9 Å². The molecule has 0 amide bonds. The summed E-state index contributed by atoms with van der Waals surface area (Å²) in [4.78, 5) is 22.2. The molecule has 0 saturated heterocycles. The van der Waals surface area contributed by atoms with Crippen molar-refractivity contribution in [1.29, 1.82) is 0 Å². The number of esters is 1. The third kappa shape index (κ3) is 6.36. The van der Waals surface area contributed by atoms with Crippen molar-refractivity contribution < 1.29 is 19.4 Å². The van der Waals surface area contributed by atoms with Crippen molar-refractivity contribution in [1.82, 2.24) is 0 Å². The van der Waals surface area contributed by atoms with Crippen molar-refractivity contribution in [3.8, 4) is 0 Å². The summed E-state index contributed by atoms with van der Waals surface area (Å²) in [6, 6.07) is 9.67. The Morgan fingerprint density at radius 3 is 2.45 bits per heavy atom. The number of ether oxygens (including phenoxy) is 1. The van der Waals surface area contributed by atoms with Crippen LogP contribution < -0.4 is 0 Å². The van der Waals surface area contributed by atoms with Gasteiger partial charge in [0.2, 0.25) is 0 Å². The molecule has 0 aliphatic carbocycles. The maximum Gasteiger partial charge on any atom is 0.306 e. The summed E-state index contributed by atoms with van der Waals surface area (Å²) in [5, 5.41) is 8.55. The third-order valence-electron chi connectivity index (χ3n) is 3.04. The molecule has 0 fully saturated rings. The molecule has 0 spiro atoms. The summed E-state index contributed by atoms with van der Waals surface area (Å²) in [7, 11) is 0. The minimum Gasteiger partial charge on any atom is -0.481 e. The van der Waals surface area contributed by atoms with Crippen molar-refractivity contribution in [2.75, 3.05) is 0 Å². The Labute approximate surface area is 119 Å². The van der Waals surface area contributed by atoms with Crippen LogP contribution in [0.5, 0.6) is 0 Å². The number of hydrogen-bond donors (Lipinski definition) is 1. The van der Waals surface area contributed by atoms with Crippen LogP contribution in [0.4, 0.5) is 0 Å². The summed E-state index contributed by atoms with van der Waals surface area (Å²) in [6.07, 6.45) is 3.08. The summed E-state index contributed by atoms with van der Waals surface area (Å²) in [6.45, 7) is 2.09. The van der Waals surface area contributed by atoms with Crippen LogP contribution in [-0.4, -0.2) is 17.0 Å². The van der Waals surface area contributed by atoms with Crippen molar-refractivity contribution >= 4 is 11.9 Å². The smallest absolute Gasteiger partial charge is 0.306 e. The predicted molar refractivity (Wildman–Crippen MR) is 76.3 cm³/mol. The van der Waals surface area contributed by atoms with Crippen LogP contribution in [0.15, 0.2) is 30.3 Å². The molecule has 0 bridgehead atoms. The number of unbranched alkanes of at least 4 members (excludes halogenated alkanes) is 1. The molecule has 1 aromatic rings. The van der Waals surface area contributed by atoms with E-state index >= 15 is 0 Å². The van der Waals surface area contributed by atoms with Gasteiger partial charge in [-0.15, -0.1) is 0 Å². The molecular weight excluding hydrogens is 256 g/mol. The maximum atomic E-state index is 11.8. The van der Waals surface area contributed by atoms with Gasteiger partial charge in [-0.1, -0.05) is 43.7 Å². The maximum absolute atomic E-state index is 11.8. The number of rotatable bonds is 9. The van der Waals surface area contributed by atoms with Gasteiger partial charge in [-0.05, 0) is 24.8 Å². The Morgan fingerprint density at radius 2 is 1.85 bits per heavy atom. The van der Waals surface area contributed by atoms with Gasteiger partial charge in [0.15, 0.2) is 0 Å². The van der Waals surface area contributed by atoms with Crippen LogP contribution in [0.3, 0.4) is 0 Å². The Bertz CT molecular complexity index is 414. The summed E-state index contributed by atoms with van der Waals surface area (Å²) >= 11 is 0. The molecule has 4 nitrogen and oxygen atoms in total. The second-order valence-electron chi connectivity index (χ2n) is 4.78. The summed E-state index contributed by atoms with van der Waals surface area (Å²) in [5.41, 5.74) is 0.993. The van der Waals surface area contributed by atoms with Crippen LogP contribution in [0, 0.1) is 0 Å². The van der Waals surface area contributed by atoms with Crippen molar-refractivity contribution in [3.05, 3.63) is 35.9 Å². The second-order valence-corrected chi connectivity index (χ2v) is 4.78. The first-order valence-electron chi connectivity index (χ1n) is 7.09. The van der Waals surface area contributed by atoms with Crippen LogP contribution >= 0.6 is 0 Å². The molecule has 1 aromatic carbocycles. The molecule has 4 heteroatoms. The van der Waals surface area contributed by atoms with Gasteiger partial charge in [0.1, 0.15) is 6.10 Å². The van der Waals surface area contributed by atoms with Crippen LogP contribution in [0.2, 0.25) is 0 Å². The zero-order valence-corrected chi connectivity index (χ0v) is 11.9. The minimum absolute atomic E-state index is 0.0000631. The van der Waals surface area contributed by atoms with E-state index in [2.05, 4.69) is 6.92 Å². The molecule has 0 aliphatic rings. The van der Waals surface area contributed by atoms with Crippen molar-refractivity contribution in [3.63, 3.8) is 0 Å². The second kappa shape index (κ2) is 9.13. The predicted octanol–water partition coefficient (Wildman–Crippen LogP) is 3.72. The Hall–Kier alpha value is -1.84. The van der Waals surface area contributed by atoms with Crippen LogP contribution in [0.25, 0.3) is 0 Å².